The van der Waals surface area contributed by atoms with Crippen molar-refractivity contribution in [2.24, 2.45) is 0 Å². The topological polar surface area (TPSA) is 82.0 Å². The second kappa shape index (κ2) is 4.39. The van der Waals surface area contributed by atoms with Crippen LogP contribution in [0.1, 0.15) is 30.1 Å². The molecule has 21 heavy (non-hydrogen) atoms. The van der Waals surface area contributed by atoms with Gasteiger partial charge >= 0.3 is 5.97 Å². The average molecular weight is 289 g/mol. The van der Waals surface area contributed by atoms with Crippen LogP contribution in [0.15, 0.2) is 36.9 Å². The number of hydrogen-bond acceptors (Lipinski definition) is 5. The Hall–Kier alpha value is -2.21. The summed E-state index contributed by atoms with van der Waals surface area (Å²) in [5.74, 6) is -0.494. The molecular formula is C15H15NO5. The van der Waals surface area contributed by atoms with Gasteiger partial charge in [-0.3, -0.25) is 10.1 Å². The second-order valence-electron chi connectivity index (χ2n) is 5.54. The van der Waals surface area contributed by atoms with Gasteiger partial charge in [-0.2, -0.15) is 0 Å². The highest BCUT2D eigenvalue weighted by atomic mass is 16.7. The summed E-state index contributed by atoms with van der Waals surface area (Å²) in [4.78, 5) is 22.2. The van der Waals surface area contributed by atoms with Crippen molar-refractivity contribution in [2.75, 3.05) is 0 Å². The van der Waals surface area contributed by atoms with Gasteiger partial charge in [-0.25, -0.2) is 4.79 Å². The number of nitro benzene ring substituents is 1. The number of rotatable bonds is 4. The van der Waals surface area contributed by atoms with E-state index in [1.807, 2.05) is 6.92 Å². The number of epoxide rings is 1. The normalized spacial score (nSPS) is 33.1. The molecule has 0 bridgehead atoms. The van der Waals surface area contributed by atoms with Gasteiger partial charge in [0.05, 0.1) is 10.5 Å². The Morgan fingerprint density at radius 3 is 2.67 bits per heavy atom. The van der Waals surface area contributed by atoms with Crippen molar-refractivity contribution in [3.63, 3.8) is 0 Å². The Balaban J connectivity index is 1.70. The molecule has 0 amide bonds. The van der Waals surface area contributed by atoms with Crippen LogP contribution in [0.3, 0.4) is 0 Å². The average Bonchev–Trinajstić information content (AvgIpc) is 3.01. The van der Waals surface area contributed by atoms with Crippen molar-refractivity contribution >= 4 is 11.7 Å². The molecule has 1 aromatic carbocycles. The lowest BCUT2D eigenvalue weighted by Gasteiger charge is -2.17. The van der Waals surface area contributed by atoms with Crippen molar-refractivity contribution in [1.29, 1.82) is 0 Å². The van der Waals surface area contributed by atoms with E-state index in [0.29, 0.717) is 5.56 Å². The standard InChI is InChI=1S/C15H15NO5/c1-3-15-9-8-12(14(15,2)21-15)20-13(17)10-4-6-11(7-5-10)16(18)19/h3-7,12H,1,8-9H2,2H3/t12-,14+,15-/m1/s1. The molecule has 110 valence electrons. The summed E-state index contributed by atoms with van der Waals surface area (Å²) in [5.41, 5.74) is -0.630. The van der Waals surface area contributed by atoms with Crippen molar-refractivity contribution in [3.8, 4) is 0 Å². The summed E-state index contributed by atoms with van der Waals surface area (Å²) in [6, 6.07) is 5.36. The molecule has 3 atom stereocenters. The van der Waals surface area contributed by atoms with Crippen LogP contribution in [0.5, 0.6) is 0 Å². The van der Waals surface area contributed by atoms with E-state index in [-0.39, 0.29) is 17.4 Å². The first kappa shape index (κ1) is 13.8. The summed E-state index contributed by atoms with van der Waals surface area (Å²) in [6.45, 7) is 5.68. The first-order valence-electron chi connectivity index (χ1n) is 6.71. The fraction of sp³-hybridized carbons (Fsp3) is 0.400. The van der Waals surface area contributed by atoms with Crippen LogP contribution in [-0.4, -0.2) is 28.2 Å². The minimum absolute atomic E-state index is 0.0596. The van der Waals surface area contributed by atoms with Crippen molar-refractivity contribution in [1.82, 2.24) is 0 Å². The highest BCUT2D eigenvalue weighted by molar-refractivity contribution is 5.89. The first-order chi connectivity index (χ1) is 9.92. The fourth-order valence-corrected chi connectivity index (χ4v) is 3.05. The number of hydrogen-bond donors (Lipinski definition) is 0. The molecule has 0 aromatic heterocycles. The number of benzene rings is 1. The van der Waals surface area contributed by atoms with Gasteiger partial charge in [0.25, 0.3) is 5.69 Å². The summed E-state index contributed by atoms with van der Waals surface area (Å²) in [6.07, 6.45) is 2.96. The van der Waals surface area contributed by atoms with Crippen LogP contribution >= 0.6 is 0 Å². The van der Waals surface area contributed by atoms with Gasteiger partial charge in [0.1, 0.15) is 17.3 Å². The maximum Gasteiger partial charge on any atom is 0.338 e. The summed E-state index contributed by atoms with van der Waals surface area (Å²) < 4.78 is 11.2. The first-order valence-corrected chi connectivity index (χ1v) is 6.71. The van der Waals surface area contributed by atoms with Gasteiger partial charge in [0.15, 0.2) is 0 Å². The molecule has 6 heteroatoms. The number of esters is 1. The van der Waals surface area contributed by atoms with E-state index in [0.717, 1.165) is 12.8 Å². The molecule has 1 saturated carbocycles. The number of carbonyl (C=O) groups is 1. The molecule has 1 aliphatic heterocycles. The van der Waals surface area contributed by atoms with Gasteiger partial charge < -0.3 is 9.47 Å². The summed E-state index contributed by atoms with van der Waals surface area (Å²) in [5, 5.41) is 10.6. The SMILES string of the molecule is C=C[C@@]12CC[C@@H](OC(=O)c3ccc([N+](=O)[O-])cc3)[C@]1(C)O2. The van der Waals surface area contributed by atoms with E-state index in [4.69, 9.17) is 9.47 Å². The van der Waals surface area contributed by atoms with Gasteiger partial charge in [0, 0.05) is 12.1 Å². The van der Waals surface area contributed by atoms with E-state index in [2.05, 4.69) is 6.58 Å². The molecule has 2 aliphatic rings. The largest absolute Gasteiger partial charge is 0.456 e. The number of carbonyl (C=O) groups excluding carboxylic acids is 1. The van der Waals surface area contributed by atoms with Crippen LogP contribution in [0.4, 0.5) is 5.69 Å². The van der Waals surface area contributed by atoms with Gasteiger partial charge in [-0.15, -0.1) is 6.58 Å². The van der Waals surface area contributed by atoms with E-state index < -0.39 is 16.5 Å². The molecule has 0 N–H and O–H groups in total. The van der Waals surface area contributed by atoms with Crippen LogP contribution in [0, 0.1) is 10.1 Å². The predicted molar refractivity (Wildman–Crippen MR) is 74.0 cm³/mol. The van der Waals surface area contributed by atoms with E-state index in [1.54, 1.807) is 6.08 Å². The minimum atomic E-state index is -0.510. The monoisotopic (exact) mass is 289 g/mol. The van der Waals surface area contributed by atoms with E-state index in [9.17, 15) is 14.9 Å². The zero-order chi connectivity index (χ0) is 15.3. The van der Waals surface area contributed by atoms with Crippen LogP contribution < -0.4 is 0 Å². The van der Waals surface area contributed by atoms with Crippen LogP contribution in [-0.2, 0) is 9.47 Å². The number of nitro groups is 1. The second-order valence-corrected chi connectivity index (χ2v) is 5.54. The molecule has 3 rings (SSSR count). The molecule has 1 saturated heterocycles. The number of nitrogens with zero attached hydrogens (tertiary/aromatic N) is 1. The lowest BCUT2D eigenvalue weighted by atomic mass is 9.97. The number of non-ortho nitro benzene ring substituents is 1. The third-order valence-corrected chi connectivity index (χ3v) is 4.48. The fourth-order valence-electron chi connectivity index (χ4n) is 3.05. The van der Waals surface area contributed by atoms with Crippen molar-refractivity contribution in [2.45, 2.75) is 37.1 Å². The molecule has 2 fully saturated rings. The molecule has 1 aromatic rings. The Morgan fingerprint density at radius 1 is 1.52 bits per heavy atom. The van der Waals surface area contributed by atoms with Crippen LogP contribution in [0.25, 0.3) is 0 Å². The van der Waals surface area contributed by atoms with Crippen molar-refractivity contribution < 1.29 is 19.2 Å². The van der Waals surface area contributed by atoms with Gasteiger partial charge in [0.2, 0.25) is 0 Å². The molecule has 6 nitrogen and oxygen atoms in total. The molecule has 1 heterocycles. The predicted octanol–water partition coefficient (Wildman–Crippen LogP) is 2.63. The third-order valence-electron chi connectivity index (χ3n) is 4.48. The molecule has 0 spiro atoms. The molecular weight excluding hydrogens is 274 g/mol. The zero-order valence-corrected chi connectivity index (χ0v) is 11.6. The van der Waals surface area contributed by atoms with Crippen molar-refractivity contribution in [3.05, 3.63) is 52.6 Å². The Kier molecular flexibility index (Phi) is 2.88. The maximum atomic E-state index is 12.1. The minimum Gasteiger partial charge on any atom is -0.456 e. The van der Waals surface area contributed by atoms with Gasteiger partial charge in [-0.1, -0.05) is 6.08 Å². The number of fused-ring (bicyclic) bond motifs is 1. The quantitative estimate of drug-likeness (QED) is 0.280. The molecule has 1 aliphatic carbocycles. The van der Waals surface area contributed by atoms with Crippen LogP contribution in [0.2, 0.25) is 0 Å². The maximum absolute atomic E-state index is 12.1. The highest BCUT2D eigenvalue weighted by Crippen LogP contribution is 2.61. The lowest BCUT2D eigenvalue weighted by Crippen LogP contribution is -2.31. The Labute approximate surface area is 121 Å². The Morgan fingerprint density at radius 2 is 2.19 bits per heavy atom. The van der Waals surface area contributed by atoms with E-state index >= 15 is 0 Å². The van der Waals surface area contributed by atoms with Gasteiger partial charge in [-0.05, 0) is 31.9 Å². The molecule has 0 unspecified atom stereocenters. The zero-order valence-electron chi connectivity index (χ0n) is 11.6. The highest BCUT2D eigenvalue weighted by Gasteiger charge is 2.74. The third kappa shape index (κ3) is 1.94. The summed E-state index contributed by atoms with van der Waals surface area (Å²) in [7, 11) is 0. The number of ether oxygens (including phenoxy) is 2. The lowest BCUT2D eigenvalue weighted by molar-refractivity contribution is -0.384. The summed E-state index contributed by atoms with van der Waals surface area (Å²) >= 11 is 0. The van der Waals surface area contributed by atoms with E-state index in [1.165, 1.54) is 24.3 Å². The smallest absolute Gasteiger partial charge is 0.338 e. The molecule has 0 radical (unpaired) electrons. The Bertz CT molecular complexity index is 621.